The van der Waals surface area contributed by atoms with Crippen molar-refractivity contribution in [2.24, 2.45) is 0 Å². The van der Waals surface area contributed by atoms with Crippen LogP contribution in [0.1, 0.15) is 36.0 Å². The molecule has 21 heavy (non-hydrogen) atoms. The van der Waals surface area contributed by atoms with Gasteiger partial charge in [0.2, 0.25) is 0 Å². The van der Waals surface area contributed by atoms with Crippen LogP contribution in [-0.2, 0) is 6.54 Å². The van der Waals surface area contributed by atoms with Gasteiger partial charge in [-0.15, -0.1) is 0 Å². The van der Waals surface area contributed by atoms with E-state index in [-0.39, 0.29) is 0 Å². The molecule has 0 saturated carbocycles. The molecule has 0 amide bonds. The van der Waals surface area contributed by atoms with Crippen molar-refractivity contribution < 1.29 is 0 Å². The number of hydrogen-bond donors (Lipinski definition) is 0. The van der Waals surface area contributed by atoms with Crippen molar-refractivity contribution in [3.8, 4) is 0 Å². The highest BCUT2D eigenvalue weighted by Crippen LogP contribution is 2.33. The summed E-state index contributed by atoms with van der Waals surface area (Å²) in [4.78, 5) is 13.8. The predicted molar refractivity (Wildman–Crippen MR) is 87.8 cm³/mol. The summed E-state index contributed by atoms with van der Waals surface area (Å²) in [6.45, 7) is 4.16. The third-order valence-corrected chi connectivity index (χ3v) is 4.71. The first kappa shape index (κ1) is 14.5. The van der Waals surface area contributed by atoms with Crippen molar-refractivity contribution in [3.05, 3.63) is 40.0 Å². The fourth-order valence-corrected chi connectivity index (χ4v) is 3.60. The monoisotopic (exact) mass is 302 g/mol. The first-order valence-electron chi connectivity index (χ1n) is 7.41. The zero-order valence-corrected chi connectivity index (χ0v) is 13.7. The molecule has 1 aliphatic heterocycles. The van der Waals surface area contributed by atoms with E-state index in [1.54, 1.807) is 11.3 Å². The van der Waals surface area contributed by atoms with Gasteiger partial charge in [0, 0.05) is 26.7 Å². The zero-order chi connectivity index (χ0) is 14.8. The van der Waals surface area contributed by atoms with Gasteiger partial charge in [-0.25, -0.2) is 9.97 Å². The molecule has 3 heterocycles. The Hall–Kier alpha value is -1.46. The maximum atomic E-state index is 4.70. The molecule has 0 aromatic carbocycles. The van der Waals surface area contributed by atoms with Crippen molar-refractivity contribution in [1.29, 1.82) is 0 Å². The number of thiophene rings is 1. The first-order chi connectivity index (χ1) is 10.1. The second kappa shape index (κ2) is 6.12. The Morgan fingerprint density at radius 2 is 2.24 bits per heavy atom. The molecular formula is C16H22N4S. The van der Waals surface area contributed by atoms with Gasteiger partial charge >= 0.3 is 0 Å². The average Bonchev–Trinajstić information content (AvgIpc) is 3.10. The van der Waals surface area contributed by atoms with Gasteiger partial charge in [0.1, 0.15) is 11.6 Å². The number of anilines is 1. The number of likely N-dealkylation sites (tertiary alicyclic amines) is 1. The summed E-state index contributed by atoms with van der Waals surface area (Å²) < 4.78 is 0. The largest absolute Gasteiger partial charge is 0.363 e. The lowest BCUT2D eigenvalue weighted by Crippen LogP contribution is -2.24. The van der Waals surface area contributed by atoms with E-state index in [1.807, 2.05) is 21.0 Å². The molecule has 0 spiro atoms. The molecule has 0 N–H and O–H groups in total. The molecule has 0 radical (unpaired) electrons. The van der Waals surface area contributed by atoms with Crippen molar-refractivity contribution in [2.75, 3.05) is 25.5 Å². The minimum absolute atomic E-state index is 0.422. The fourth-order valence-electron chi connectivity index (χ4n) is 2.94. The molecule has 0 unspecified atom stereocenters. The summed E-state index contributed by atoms with van der Waals surface area (Å²) in [5.41, 5.74) is 2.57. The zero-order valence-electron chi connectivity index (χ0n) is 12.9. The van der Waals surface area contributed by atoms with Gasteiger partial charge in [-0.2, -0.15) is 11.3 Å². The Morgan fingerprint density at radius 3 is 2.95 bits per heavy atom. The molecule has 1 aliphatic rings. The van der Waals surface area contributed by atoms with Crippen LogP contribution in [0.2, 0.25) is 0 Å². The van der Waals surface area contributed by atoms with Crippen LogP contribution in [0.4, 0.5) is 5.82 Å². The summed E-state index contributed by atoms with van der Waals surface area (Å²) in [5, 5.41) is 4.39. The van der Waals surface area contributed by atoms with E-state index < -0.39 is 0 Å². The molecule has 3 rings (SSSR count). The molecule has 1 saturated heterocycles. The SMILES string of the molecule is Cc1nc([C@H]2CCCN2Cc2ccsc2)cc(N(C)C)n1. The third-order valence-electron chi connectivity index (χ3n) is 3.97. The van der Waals surface area contributed by atoms with E-state index in [0.29, 0.717) is 6.04 Å². The van der Waals surface area contributed by atoms with Gasteiger partial charge < -0.3 is 4.90 Å². The molecule has 0 aliphatic carbocycles. The lowest BCUT2D eigenvalue weighted by atomic mass is 10.1. The normalized spacial score (nSPS) is 19.1. The van der Waals surface area contributed by atoms with Crippen LogP contribution in [0.3, 0.4) is 0 Å². The van der Waals surface area contributed by atoms with Crippen molar-refractivity contribution in [1.82, 2.24) is 14.9 Å². The topological polar surface area (TPSA) is 32.3 Å². The van der Waals surface area contributed by atoms with E-state index in [9.17, 15) is 0 Å². The Morgan fingerprint density at radius 1 is 1.38 bits per heavy atom. The smallest absolute Gasteiger partial charge is 0.132 e. The van der Waals surface area contributed by atoms with E-state index in [1.165, 1.54) is 24.1 Å². The quantitative estimate of drug-likeness (QED) is 0.868. The highest BCUT2D eigenvalue weighted by Gasteiger charge is 2.27. The highest BCUT2D eigenvalue weighted by atomic mass is 32.1. The Balaban J connectivity index is 1.84. The van der Waals surface area contributed by atoms with Crippen LogP contribution < -0.4 is 4.90 Å². The van der Waals surface area contributed by atoms with Gasteiger partial charge in [0.05, 0.1) is 11.7 Å². The van der Waals surface area contributed by atoms with Gasteiger partial charge in [0.25, 0.3) is 0 Å². The third kappa shape index (κ3) is 3.24. The summed E-state index contributed by atoms with van der Waals surface area (Å²) in [7, 11) is 4.06. The maximum Gasteiger partial charge on any atom is 0.132 e. The van der Waals surface area contributed by atoms with Crippen LogP contribution >= 0.6 is 11.3 Å². The van der Waals surface area contributed by atoms with Crippen LogP contribution in [0, 0.1) is 6.92 Å². The molecule has 112 valence electrons. The molecule has 1 atom stereocenters. The molecule has 2 aromatic rings. The Bertz CT molecular complexity index is 594. The van der Waals surface area contributed by atoms with Gasteiger partial charge in [0.15, 0.2) is 0 Å². The van der Waals surface area contributed by atoms with Crippen LogP contribution in [0.25, 0.3) is 0 Å². The first-order valence-corrected chi connectivity index (χ1v) is 8.36. The van der Waals surface area contributed by atoms with Crippen LogP contribution in [0.5, 0.6) is 0 Å². The number of aromatic nitrogens is 2. The van der Waals surface area contributed by atoms with Gasteiger partial charge in [-0.05, 0) is 48.7 Å². The van der Waals surface area contributed by atoms with Crippen molar-refractivity contribution in [2.45, 2.75) is 32.4 Å². The van der Waals surface area contributed by atoms with Crippen molar-refractivity contribution >= 4 is 17.2 Å². The van der Waals surface area contributed by atoms with E-state index >= 15 is 0 Å². The lowest BCUT2D eigenvalue weighted by molar-refractivity contribution is 0.244. The predicted octanol–water partition coefficient (Wildman–Crippen LogP) is 3.25. The van der Waals surface area contributed by atoms with Crippen LogP contribution in [-0.4, -0.2) is 35.5 Å². The summed E-state index contributed by atoms with van der Waals surface area (Å²) in [6.07, 6.45) is 2.43. The van der Waals surface area contributed by atoms with E-state index in [2.05, 4.69) is 37.7 Å². The second-order valence-corrected chi connectivity index (χ2v) is 6.63. The summed E-state index contributed by atoms with van der Waals surface area (Å²) in [5.74, 6) is 1.86. The van der Waals surface area contributed by atoms with Crippen LogP contribution in [0.15, 0.2) is 22.9 Å². The number of hydrogen-bond acceptors (Lipinski definition) is 5. The standard InChI is InChI=1S/C16H22N4S/c1-12-17-14(9-16(18-12)19(2)3)15-5-4-7-20(15)10-13-6-8-21-11-13/h6,8-9,11,15H,4-5,7,10H2,1-3H3/t15-/m1/s1. The van der Waals surface area contributed by atoms with Crippen molar-refractivity contribution in [3.63, 3.8) is 0 Å². The molecule has 5 heteroatoms. The summed E-state index contributed by atoms with van der Waals surface area (Å²) >= 11 is 1.77. The molecule has 1 fully saturated rings. The number of rotatable bonds is 4. The highest BCUT2D eigenvalue weighted by molar-refractivity contribution is 7.07. The lowest BCUT2D eigenvalue weighted by Gasteiger charge is -2.24. The minimum Gasteiger partial charge on any atom is -0.363 e. The molecule has 0 bridgehead atoms. The number of aryl methyl sites for hydroxylation is 1. The van der Waals surface area contributed by atoms with Gasteiger partial charge in [-0.1, -0.05) is 0 Å². The fraction of sp³-hybridized carbons (Fsp3) is 0.500. The maximum absolute atomic E-state index is 4.70. The Kier molecular flexibility index (Phi) is 4.22. The molecule has 2 aromatic heterocycles. The average molecular weight is 302 g/mol. The van der Waals surface area contributed by atoms with Gasteiger partial charge in [-0.3, -0.25) is 4.90 Å². The molecule has 4 nitrogen and oxygen atoms in total. The minimum atomic E-state index is 0.422. The summed E-state index contributed by atoms with van der Waals surface area (Å²) in [6, 6.07) is 4.78. The van der Waals surface area contributed by atoms with E-state index in [4.69, 9.17) is 4.98 Å². The number of nitrogens with zero attached hydrogens (tertiary/aromatic N) is 4. The second-order valence-electron chi connectivity index (χ2n) is 5.85. The molecular weight excluding hydrogens is 280 g/mol. The van der Waals surface area contributed by atoms with E-state index in [0.717, 1.165) is 24.7 Å². The Labute approximate surface area is 130 Å².